The first-order chi connectivity index (χ1) is 14.5. The molecular weight excluding hydrogens is 404 g/mol. The van der Waals surface area contributed by atoms with E-state index >= 15 is 0 Å². The van der Waals surface area contributed by atoms with Gasteiger partial charge in [-0.05, 0) is 48.4 Å². The van der Waals surface area contributed by atoms with Gasteiger partial charge in [-0.15, -0.1) is 0 Å². The van der Waals surface area contributed by atoms with Gasteiger partial charge in [0, 0.05) is 37.7 Å². The molecule has 0 atom stereocenters. The lowest BCUT2D eigenvalue weighted by molar-refractivity contribution is -0.135. The minimum atomic E-state index is -0.351. The molecule has 6 nitrogen and oxygen atoms in total. The van der Waals surface area contributed by atoms with E-state index in [1.807, 2.05) is 36.1 Å². The molecule has 1 heterocycles. The lowest BCUT2D eigenvalue weighted by atomic mass is 10.2. The van der Waals surface area contributed by atoms with Crippen LogP contribution in [0.5, 0.6) is 5.75 Å². The van der Waals surface area contributed by atoms with Crippen LogP contribution in [0.3, 0.4) is 0 Å². The highest BCUT2D eigenvalue weighted by Crippen LogP contribution is 2.15. The molecule has 0 spiro atoms. The van der Waals surface area contributed by atoms with Crippen molar-refractivity contribution in [1.82, 2.24) is 9.80 Å². The van der Waals surface area contributed by atoms with Crippen LogP contribution >= 0.6 is 11.6 Å². The van der Waals surface area contributed by atoms with E-state index < -0.39 is 0 Å². The molecule has 3 rings (SSSR count). The molecule has 1 saturated heterocycles. The summed E-state index contributed by atoms with van der Waals surface area (Å²) in [5.74, 6) is 0.167. The van der Waals surface area contributed by atoms with Crippen LogP contribution in [0, 0.1) is 0 Å². The molecule has 0 bridgehead atoms. The molecule has 0 radical (unpaired) electrons. The van der Waals surface area contributed by atoms with E-state index in [-0.39, 0.29) is 18.5 Å². The number of esters is 1. The number of benzene rings is 2. The zero-order valence-electron chi connectivity index (χ0n) is 17.2. The van der Waals surface area contributed by atoms with E-state index in [4.69, 9.17) is 21.1 Å². The predicted octanol–water partition coefficient (Wildman–Crippen LogP) is 3.63. The zero-order valence-corrected chi connectivity index (χ0v) is 17.9. The highest BCUT2D eigenvalue weighted by atomic mass is 35.5. The molecule has 160 valence electrons. The van der Waals surface area contributed by atoms with Crippen molar-refractivity contribution in [2.24, 2.45) is 0 Å². The molecule has 1 aliphatic rings. The first-order valence-corrected chi connectivity index (χ1v) is 10.6. The van der Waals surface area contributed by atoms with Gasteiger partial charge >= 0.3 is 5.97 Å². The molecule has 1 amide bonds. The molecule has 1 fully saturated rings. The Morgan fingerprint density at radius 3 is 2.27 bits per heavy atom. The van der Waals surface area contributed by atoms with Gasteiger partial charge in [-0.1, -0.05) is 30.7 Å². The number of carbonyl (C=O) groups excluding carboxylic acids is 2. The molecule has 0 aliphatic carbocycles. The van der Waals surface area contributed by atoms with Gasteiger partial charge in [0.1, 0.15) is 5.75 Å². The SMILES string of the molecule is CCCOC(=O)c1ccc(OCC(=O)N2CCN(Cc3ccc(Cl)cc3)CC2)cc1. The molecule has 2 aromatic rings. The molecule has 1 aliphatic heterocycles. The van der Waals surface area contributed by atoms with Gasteiger partial charge in [0.2, 0.25) is 0 Å². The Hall–Kier alpha value is -2.57. The van der Waals surface area contributed by atoms with E-state index in [2.05, 4.69) is 4.90 Å². The monoisotopic (exact) mass is 430 g/mol. The maximum absolute atomic E-state index is 12.5. The Bertz CT molecular complexity index is 831. The van der Waals surface area contributed by atoms with Crippen molar-refractivity contribution in [2.75, 3.05) is 39.4 Å². The Labute approximate surface area is 182 Å². The molecule has 0 saturated carbocycles. The fourth-order valence-corrected chi connectivity index (χ4v) is 3.33. The minimum Gasteiger partial charge on any atom is -0.484 e. The highest BCUT2D eigenvalue weighted by Gasteiger charge is 2.21. The summed E-state index contributed by atoms with van der Waals surface area (Å²) in [7, 11) is 0. The molecule has 2 aromatic carbocycles. The van der Waals surface area contributed by atoms with E-state index in [9.17, 15) is 9.59 Å². The van der Waals surface area contributed by atoms with E-state index in [0.29, 0.717) is 31.0 Å². The van der Waals surface area contributed by atoms with Crippen molar-refractivity contribution < 1.29 is 19.1 Å². The second kappa shape index (κ2) is 11.0. The average molecular weight is 431 g/mol. The number of carbonyl (C=O) groups is 2. The van der Waals surface area contributed by atoms with Gasteiger partial charge in [-0.3, -0.25) is 9.69 Å². The average Bonchev–Trinajstić information content (AvgIpc) is 2.78. The number of hydrogen-bond donors (Lipinski definition) is 0. The summed E-state index contributed by atoms with van der Waals surface area (Å²) < 4.78 is 10.7. The van der Waals surface area contributed by atoms with Gasteiger partial charge < -0.3 is 14.4 Å². The number of piperazine rings is 1. The summed E-state index contributed by atoms with van der Waals surface area (Å²) in [5.41, 5.74) is 1.68. The standard InChI is InChI=1S/C23H27ClN2O4/c1-2-15-29-23(28)19-5-9-21(10-6-19)30-17-22(27)26-13-11-25(12-14-26)16-18-3-7-20(24)8-4-18/h3-10H,2,11-17H2,1H3. The Balaban J connectivity index is 1.40. The minimum absolute atomic E-state index is 0.0171. The smallest absolute Gasteiger partial charge is 0.338 e. The summed E-state index contributed by atoms with van der Waals surface area (Å²) in [4.78, 5) is 28.4. The van der Waals surface area contributed by atoms with Crippen LogP contribution in [0.15, 0.2) is 48.5 Å². The summed E-state index contributed by atoms with van der Waals surface area (Å²) in [6.45, 7) is 6.18. The Morgan fingerprint density at radius 1 is 0.967 bits per heavy atom. The molecule has 0 aromatic heterocycles. The van der Waals surface area contributed by atoms with Crippen LogP contribution in [0.4, 0.5) is 0 Å². The van der Waals surface area contributed by atoms with Gasteiger partial charge in [-0.2, -0.15) is 0 Å². The van der Waals surface area contributed by atoms with Gasteiger partial charge in [-0.25, -0.2) is 4.79 Å². The molecule has 30 heavy (non-hydrogen) atoms. The summed E-state index contributed by atoms with van der Waals surface area (Å²) in [6.07, 6.45) is 0.782. The fraction of sp³-hybridized carbons (Fsp3) is 0.391. The number of nitrogens with zero attached hydrogens (tertiary/aromatic N) is 2. The van der Waals surface area contributed by atoms with Crippen molar-refractivity contribution in [3.63, 3.8) is 0 Å². The normalized spacial score (nSPS) is 14.4. The molecule has 0 N–H and O–H groups in total. The fourth-order valence-electron chi connectivity index (χ4n) is 3.21. The summed E-state index contributed by atoms with van der Waals surface area (Å²) in [5, 5.41) is 0.736. The number of hydrogen-bond acceptors (Lipinski definition) is 5. The van der Waals surface area contributed by atoms with Crippen molar-refractivity contribution >= 4 is 23.5 Å². The predicted molar refractivity (Wildman–Crippen MR) is 116 cm³/mol. The maximum Gasteiger partial charge on any atom is 0.338 e. The highest BCUT2D eigenvalue weighted by molar-refractivity contribution is 6.30. The van der Waals surface area contributed by atoms with E-state index in [1.165, 1.54) is 5.56 Å². The molecule has 7 heteroatoms. The number of amides is 1. The topological polar surface area (TPSA) is 59.1 Å². The van der Waals surface area contributed by atoms with Crippen LogP contribution in [-0.2, 0) is 16.1 Å². The largest absolute Gasteiger partial charge is 0.484 e. The van der Waals surface area contributed by atoms with Crippen molar-refractivity contribution in [3.8, 4) is 5.75 Å². The van der Waals surface area contributed by atoms with E-state index in [1.54, 1.807) is 24.3 Å². The van der Waals surface area contributed by atoms with Crippen molar-refractivity contribution in [2.45, 2.75) is 19.9 Å². The third kappa shape index (κ3) is 6.47. The third-order valence-corrected chi connectivity index (χ3v) is 5.19. The van der Waals surface area contributed by atoms with E-state index in [0.717, 1.165) is 31.1 Å². The number of ether oxygens (including phenoxy) is 2. The summed E-state index contributed by atoms with van der Waals surface area (Å²) in [6, 6.07) is 14.5. The lowest BCUT2D eigenvalue weighted by Crippen LogP contribution is -2.49. The van der Waals surface area contributed by atoms with Crippen LogP contribution < -0.4 is 4.74 Å². The first kappa shape index (κ1) is 22.1. The van der Waals surface area contributed by atoms with Gasteiger partial charge in [0.25, 0.3) is 5.91 Å². The number of halogens is 1. The van der Waals surface area contributed by atoms with Crippen molar-refractivity contribution in [3.05, 3.63) is 64.7 Å². The Morgan fingerprint density at radius 2 is 1.63 bits per heavy atom. The van der Waals surface area contributed by atoms with Crippen LogP contribution in [0.25, 0.3) is 0 Å². The maximum atomic E-state index is 12.5. The zero-order chi connectivity index (χ0) is 21.3. The van der Waals surface area contributed by atoms with Gasteiger partial charge in [0.15, 0.2) is 6.61 Å². The van der Waals surface area contributed by atoms with Gasteiger partial charge in [0.05, 0.1) is 12.2 Å². The third-order valence-electron chi connectivity index (χ3n) is 4.93. The number of rotatable bonds is 8. The molecular formula is C23H27ClN2O4. The second-order valence-electron chi connectivity index (χ2n) is 7.23. The van der Waals surface area contributed by atoms with Crippen molar-refractivity contribution in [1.29, 1.82) is 0 Å². The van der Waals surface area contributed by atoms with Crippen LogP contribution in [0.1, 0.15) is 29.3 Å². The Kier molecular flexibility index (Phi) is 8.11. The first-order valence-electron chi connectivity index (χ1n) is 10.2. The van der Waals surface area contributed by atoms with Crippen LogP contribution in [-0.4, -0.2) is 61.1 Å². The van der Waals surface area contributed by atoms with Crippen LogP contribution in [0.2, 0.25) is 5.02 Å². The summed E-state index contributed by atoms with van der Waals surface area (Å²) >= 11 is 5.93. The molecule has 0 unspecified atom stereocenters. The lowest BCUT2D eigenvalue weighted by Gasteiger charge is -2.34. The second-order valence-corrected chi connectivity index (χ2v) is 7.67. The quantitative estimate of drug-likeness (QED) is 0.598.